The van der Waals surface area contributed by atoms with Crippen LogP contribution in [0.3, 0.4) is 0 Å². The highest BCUT2D eigenvalue weighted by atomic mass is 35.5. The summed E-state index contributed by atoms with van der Waals surface area (Å²) in [6, 6.07) is 17.1. The Labute approximate surface area is 122 Å². The monoisotopic (exact) mass is 279 g/mol. The lowest BCUT2D eigenvalue weighted by Crippen LogP contribution is -1.74. The van der Waals surface area contributed by atoms with E-state index in [1.165, 1.54) is 0 Å². The average molecular weight is 280 g/mol. The second-order valence-corrected chi connectivity index (χ2v) is 4.59. The first kappa shape index (κ1) is 12.5. The third-order valence-corrected chi connectivity index (χ3v) is 2.97. The molecule has 0 saturated heterocycles. The largest absolute Gasteiger partial charge is 0.430 e. The lowest BCUT2D eigenvalue weighted by Gasteiger charge is -1.94. The predicted octanol–water partition coefficient (Wildman–Crippen LogP) is 4.39. The minimum Gasteiger partial charge on any atom is -0.430 e. The molecule has 0 bridgehead atoms. The van der Waals surface area contributed by atoms with Crippen molar-refractivity contribution >= 4 is 11.6 Å². The zero-order valence-corrected chi connectivity index (χ0v) is 11.3. The van der Waals surface area contributed by atoms with Crippen LogP contribution in [0.4, 0.5) is 0 Å². The fourth-order valence-electron chi connectivity index (χ4n) is 1.73. The highest BCUT2D eigenvalue weighted by molar-refractivity contribution is 6.30. The van der Waals surface area contributed by atoms with Crippen LogP contribution in [-0.4, -0.2) is 4.98 Å². The standard InChI is InChI=1S/C17H10ClNO/c18-15-9-7-14(8-10-15)16-12-19-17(20-16)11-6-13-4-2-1-3-5-13/h1-5,7-10,12H. The summed E-state index contributed by atoms with van der Waals surface area (Å²) in [5.41, 5.74) is 1.86. The normalized spacial score (nSPS) is 9.85. The van der Waals surface area contributed by atoms with Crippen molar-refractivity contribution < 1.29 is 4.42 Å². The molecule has 1 heterocycles. The van der Waals surface area contributed by atoms with Crippen molar-refractivity contribution in [3.63, 3.8) is 0 Å². The van der Waals surface area contributed by atoms with E-state index in [0.717, 1.165) is 11.1 Å². The third kappa shape index (κ3) is 2.90. The number of nitrogens with zero attached hydrogens (tertiary/aromatic N) is 1. The number of aromatic nitrogens is 1. The van der Waals surface area contributed by atoms with E-state index in [9.17, 15) is 0 Å². The van der Waals surface area contributed by atoms with Gasteiger partial charge in [0.05, 0.1) is 6.20 Å². The number of hydrogen-bond acceptors (Lipinski definition) is 2. The van der Waals surface area contributed by atoms with Crippen LogP contribution < -0.4 is 0 Å². The van der Waals surface area contributed by atoms with Gasteiger partial charge >= 0.3 is 0 Å². The van der Waals surface area contributed by atoms with Gasteiger partial charge in [-0.3, -0.25) is 0 Å². The molecule has 0 aliphatic heterocycles. The Morgan fingerprint density at radius 3 is 2.40 bits per heavy atom. The summed E-state index contributed by atoms with van der Waals surface area (Å²) in [6.07, 6.45) is 1.66. The number of hydrogen-bond donors (Lipinski definition) is 0. The molecule has 3 rings (SSSR count). The first-order valence-corrected chi connectivity index (χ1v) is 6.48. The summed E-state index contributed by atoms with van der Waals surface area (Å²) in [5, 5.41) is 0.692. The SMILES string of the molecule is Clc1ccc(-c2cnc(C#Cc3ccccc3)o2)cc1. The smallest absolute Gasteiger partial charge is 0.274 e. The molecule has 0 radical (unpaired) electrons. The van der Waals surface area contributed by atoms with Gasteiger partial charge < -0.3 is 4.42 Å². The fraction of sp³-hybridized carbons (Fsp3) is 0. The molecule has 0 unspecified atom stereocenters. The number of oxazole rings is 1. The Balaban J connectivity index is 1.84. The summed E-state index contributed by atoms with van der Waals surface area (Å²) in [6.45, 7) is 0. The van der Waals surface area contributed by atoms with Crippen LogP contribution in [0.15, 0.2) is 65.2 Å². The Morgan fingerprint density at radius 1 is 0.900 bits per heavy atom. The summed E-state index contributed by atoms with van der Waals surface area (Å²) in [7, 11) is 0. The molecule has 0 spiro atoms. The first-order chi connectivity index (χ1) is 9.81. The molecule has 3 aromatic rings. The van der Waals surface area contributed by atoms with Crippen LogP contribution in [0, 0.1) is 11.8 Å². The van der Waals surface area contributed by atoms with Gasteiger partial charge in [0, 0.05) is 16.1 Å². The van der Waals surface area contributed by atoms with E-state index in [2.05, 4.69) is 16.8 Å². The zero-order chi connectivity index (χ0) is 13.8. The van der Waals surface area contributed by atoms with E-state index < -0.39 is 0 Å². The minimum absolute atomic E-state index is 0.402. The summed E-state index contributed by atoms with van der Waals surface area (Å²) >= 11 is 5.85. The maximum Gasteiger partial charge on any atom is 0.274 e. The molecule has 0 atom stereocenters. The van der Waals surface area contributed by atoms with Crippen LogP contribution in [0.25, 0.3) is 11.3 Å². The van der Waals surface area contributed by atoms with Gasteiger partial charge in [0.1, 0.15) is 0 Å². The van der Waals surface area contributed by atoms with Crippen molar-refractivity contribution in [3.05, 3.63) is 77.3 Å². The van der Waals surface area contributed by atoms with Crippen molar-refractivity contribution in [3.8, 4) is 23.2 Å². The van der Waals surface area contributed by atoms with Crippen molar-refractivity contribution in [1.29, 1.82) is 0 Å². The highest BCUT2D eigenvalue weighted by Crippen LogP contribution is 2.21. The van der Waals surface area contributed by atoms with Crippen molar-refractivity contribution in [2.24, 2.45) is 0 Å². The highest BCUT2D eigenvalue weighted by Gasteiger charge is 2.04. The molecular formula is C17H10ClNO. The summed E-state index contributed by atoms with van der Waals surface area (Å²) in [4.78, 5) is 4.16. The molecule has 20 heavy (non-hydrogen) atoms. The van der Waals surface area contributed by atoms with Gasteiger partial charge in [-0.1, -0.05) is 35.7 Å². The molecule has 3 heteroatoms. The lowest BCUT2D eigenvalue weighted by atomic mass is 10.2. The summed E-state index contributed by atoms with van der Waals surface area (Å²) < 4.78 is 5.60. The van der Waals surface area contributed by atoms with Gasteiger partial charge in [0.25, 0.3) is 5.89 Å². The quantitative estimate of drug-likeness (QED) is 0.617. The molecular weight excluding hydrogens is 270 g/mol. The molecule has 0 saturated carbocycles. The van der Waals surface area contributed by atoms with Crippen LogP contribution in [0.1, 0.15) is 11.5 Å². The maximum absolute atomic E-state index is 5.85. The molecule has 2 nitrogen and oxygen atoms in total. The molecule has 0 fully saturated rings. The zero-order valence-electron chi connectivity index (χ0n) is 10.5. The van der Waals surface area contributed by atoms with Crippen molar-refractivity contribution in [1.82, 2.24) is 4.98 Å². The Bertz CT molecular complexity index is 764. The van der Waals surface area contributed by atoms with Crippen LogP contribution >= 0.6 is 11.6 Å². The third-order valence-electron chi connectivity index (χ3n) is 2.72. The van der Waals surface area contributed by atoms with E-state index in [1.807, 2.05) is 54.6 Å². The van der Waals surface area contributed by atoms with Gasteiger partial charge in [0.15, 0.2) is 5.76 Å². The number of halogens is 1. The van der Waals surface area contributed by atoms with E-state index in [0.29, 0.717) is 16.7 Å². The van der Waals surface area contributed by atoms with Gasteiger partial charge in [-0.15, -0.1) is 0 Å². The maximum atomic E-state index is 5.85. The molecule has 0 aliphatic rings. The molecule has 2 aromatic carbocycles. The Hall–Kier alpha value is -2.50. The van der Waals surface area contributed by atoms with E-state index in [1.54, 1.807) is 6.20 Å². The predicted molar refractivity (Wildman–Crippen MR) is 79.4 cm³/mol. The second-order valence-electron chi connectivity index (χ2n) is 4.15. The molecule has 0 aliphatic carbocycles. The van der Waals surface area contributed by atoms with Crippen LogP contribution in [0.5, 0.6) is 0 Å². The van der Waals surface area contributed by atoms with Gasteiger partial charge in [0.2, 0.25) is 0 Å². The van der Waals surface area contributed by atoms with E-state index in [-0.39, 0.29) is 0 Å². The van der Waals surface area contributed by atoms with Gasteiger partial charge in [-0.2, -0.15) is 0 Å². The number of benzene rings is 2. The number of rotatable bonds is 1. The summed E-state index contributed by atoms with van der Waals surface area (Å²) in [5.74, 6) is 7.00. The molecule has 0 amide bonds. The second kappa shape index (κ2) is 5.64. The average Bonchev–Trinajstić information content (AvgIpc) is 2.96. The minimum atomic E-state index is 0.402. The van der Waals surface area contributed by atoms with Crippen LogP contribution in [-0.2, 0) is 0 Å². The van der Waals surface area contributed by atoms with E-state index >= 15 is 0 Å². The lowest BCUT2D eigenvalue weighted by molar-refractivity contribution is 0.557. The van der Waals surface area contributed by atoms with Gasteiger partial charge in [-0.05, 0) is 42.3 Å². The molecule has 1 aromatic heterocycles. The Kier molecular flexibility index (Phi) is 3.54. The van der Waals surface area contributed by atoms with Crippen LogP contribution in [0.2, 0.25) is 5.02 Å². The first-order valence-electron chi connectivity index (χ1n) is 6.10. The van der Waals surface area contributed by atoms with Gasteiger partial charge in [-0.25, -0.2) is 4.98 Å². The van der Waals surface area contributed by atoms with E-state index in [4.69, 9.17) is 16.0 Å². The van der Waals surface area contributed by atoms with Crippen molar-refractivity contribution in [2.45, 2.75) is 0 Å². The molecule has 96 valence electrons. The van der Waals surface area contributed by atoms with Crippen molar-refractivity contribution in [2.75, 3.05) is 0 Å². The Morgan fingerprint density at radius 2 is 1.65 bits per heavy atom. The molecule has 0 N–H and O–H groups in total. The topological polar surface area (TPSA) is 26.0 Å². The fourth-order valence-corrected chi connectivity index (χ4v) is 1.85.